The highest BCUT2D eigenvalue weighted by atomic mass is 16.5. The Labute approximate surface area is 111 Å². The molecule has 5 nitrogen and oxygen atoms in total. The molecule has 0 saturated heterocycles. The number of aromatic nitrogens is 1. The minimum Gasteiger partial charge on any atom is -0.497 e. The maximum atomic E-state index is 12.3. The van der Waals surface area contributed by atoms with E-state index in [1.54, 1.807) is 32.4 Å². The van der Waals surface area contributed by atoms with Crippen LogP contribution in [0.4, 0.5) is 11.5 Å². The Kier molecular flexibility index (Phi) is 3.66. The van der Waals surface area contributed by atoms with Crippen LogP contribution in [0.25, 0.3) is 0 Å². The summed E-state index contributed by atoms with van der Waals surface area (Å²) in [5.74, 6) is 0.874. The van der Waals surface area contributed by atoms with Crippen molar-refractivity contribution in [3.8, 4) is 5.75 Å². The zero-order chi connectivity index (χ0) is 13.8. The number of ether oxygens (including phenoxy) is 1. The zero-order valence-electron chi connectivity index (χ0n) is 10.8. The summed E-state index contributed by atoms with van der Waals surface area (Å²) in [4.78, 5) is 17.7. The molecule has 0 aliphatic heterocycles. The summed E-state index contributed by atoms with van der Waals surface area (Å²) in [6.07, 6.45) is 1.52. The molecule has 19 heavy (non-hydrogen) atoms. The Bertz CT molecular complexity index is 599. The molecule has 2 rings (SSSR count). The Morgan fingerprint density at radius 2 is 2.11 bits per heavy atom. The fourth-order valence-electron chi connectivity index (χ4n) is 1.71. The molecule has 0 aliphatic carbocycles. The van der Waals surface area contributed by atoms with E-state index in [0.717, 1.165) is 5.69 Å². The van der Waals surface area contributed by atoms with E-state index in [2.05, 4.69) is 4.98 Å². The molecule has 98 valence electrons. The lowest BCUT2D eigenvalue weighted by molar-refractivity contribution is 0.0993. The zero-order valence-corrected chi connectivity index (χ0v) is 10.8. The van der Waals surface area contributed by atoms with E-state index in [1.807, 2.05) is 18.2 Å². The van der Waals surface area contributed by atoms with Gasteiger partial charge >= 0.3 is 0 Å². The maximum Gasteiger partial charge on any atom is 0.258 e. The highest BCUT2D eigenvalue weighted by molar-refractivity contribution is 6.06. The van der Waals surface area contributed by atoms with E-state index in [1.165, 1.54) is 11.1 Å². The second kappa shape index (κ2) is 5.39. The van der Waals surface area contributed by atoms with Gasteiger partial charge in [0.05, 0.1) is 7.11 Å². The summed E-state index contributed by atoms with van der Waals surface area (Å²) in [6, 6.07) is 10.5. The molecule has 0 bridgehead atoms. The summed E-state index contributed by atoms with van der Waals surface area (Å²) in [5.41, 5.74) is 6.83. The van der Waals surface area contributed by atoms with Crippen LogP contribution in [0, 0.1) is 0 Å². The molecule has 0 unspecified atom stereocenters. The molecule has 0 atom stereocenters. The molecule has 0 aliphatic rings. The number of anilines is 2. The van der Waals surface area contributed by atoms with Crippen LogP contribution in [0.5, 0.6) is 5.75 Å². The van der Waals surface area contributed by atoms with Crippen LogP contribution < -0.4 is 15.4 Å². The van der Waals surface area contributed by atoms with Gasteiger partial charge < -0.3 is 15.4 Å². The maximum absolute atomic E-state index is 12.3. The van der Waals surface area contributed by atoms with Gasteiger partial charge in [0, 0.05) is 30.6 Å². The van der Waals surface area contributed by atoms with E-state index in [9.17, 15) is 4.79 Å². The summed E-state index contributed by atoms with van der Waals surface area (Å²) in [7, 11) is 3.29. The predicted molar refractivity (Wildman–Crippen MR) is 74.4 cm³/mol. The third-order valence-electron chi connectivity index (χ3n) is 2.77. The van der Waals surface area contributed by atoms with E-state index in [0.29, 0.717) is 17.1 Å². The van der Waals surface area contributed by atoms with Crippen molar-refractivity contribution in [1.29, 1.82) is 0 Å². The van der Waals surface area contributed by atoms with E-state index < -0.39 is 0 Å². The first-order chi connectivity index (χ1) is 9.11. The fraction of sp³-hybridized carbons (Fsp3) is 0.143. The normalized spacial score (nSPS) is 10.0. The molecule has 1 aromatic heterocycles. The molecular formula is C14H15N3O2. The van der Waals surface area contributed by atoms with Crippen LogP contribution in [0.1, 0.15) is 10.4 Å². The average molecular weight is 257 g/mol. The van der Waals surface area contributed by atoms with Gasteiger partial charge in [-0.3, -0.25) is 4.79 Å². The van der Waals surface area contributed by atoms with E-state index in [4.69, 9.17) is 10.5 Å². The van der Waals surface area contributed by atoms with Gasteiger partial charge in [-0.25, -0.2) is 4.98 Å². The lowest BCUT2D eigenvalue weighted by Gasteiger charge is -2.18. The minimum atomic E-state index is -0.151. The Morgan fingerprint density at radius 3 is 2.79 bits per heavy atom. The van der Waals surface area contributed by atoms with Crippen LogP contribution in [0.2, 0.25) is 0 Å². The largest absolute Gasteiger partial charge is 0.497 e. The van der Waals surface area contributed by atoms with Gasteiger partial charge in [0.15, 0.2) is 0 Å². The number of benzene rings is 1. The lowest BCUT2D eigenvalue weighted by Crippen LogP contribution is -2.26. The molecular weight excluding hydrogens is 242 g/mol. The van der Waals surface area contributed by atoms with Gasteiger partial charge in [0.2, 0.25) is 0 Å². The van der Waals surface area contributed by atoms with Crippen LogP contribution in [0.3, 0.4) is 0 Å². The fourth-order valence-corrected chi connectivity index (χ4v) is 1.71. The Morgan fingerprint density at radius 1 is 1.32 bits per heavy atom. The average Bonchev–Trinajstić information content (AvgIpc) is 2.45. The number of hydrogen-bond acceptors (Lipinski definition) is 4. The predicted octanol–water partition coefficient (Wildman–Crippen LogP) is 1.95. The molecule has 0 fully saturated rings. The first-order valence-corrected chi connectivity index (χ1v) is 5.75. The number of methoxy groups -OCH3 is 1. The summed E-state index contributed by atoms with van der Waals surface area (Å²) in [5, 5.41) is 0. The number of nitrogen functional groups attached to an aromatic ring is 1. The summed E-state index contributed by atoms with van der Waals surface area (Å²) in [6.45, 7) is 0. The van der Waals surface area contributed by atoms with E-state index in [-0.39, 0.29) is 5.91 Å². The highest BCUT2D eigenvalue weighted by Gasteiger charge is 2.14. The molecule has 0 spiro atoms. The van der Waals surface area contributed by atoms with Gasteiger partial charge in [0.25, 0.3) is 5.91 Å². The number of carbonyl (C=O) groups excluding carboxylic acids is 1. The summed E-state index contributed by atoms with van der Waals surface area (Å²) >= 11 is 0. The second-order valence-corrected chi connectivity index (χ2v) is 4.04. The van der Waals surface area contributed by atoms with Gasteiger partial charge in [-0.05, 0) is 24.3 Å². The molecule has 1 aromatic carbocycles. The van der Waals surface area contributed by atoms with Crippen molar-refractivity contribution in [2.75, 3.05) is 24.8 Å². The summed E-state index contributed by atoms with van der Waals surface area (Å²) < 4.78 is 5.14. The number of nitrogens with two attached hydrogens (primary N) is 1. The van der Waals surface area contributed by atoms with Gasteiger partial charge in [-0.2, -0.15) is 0 Å². The number of amides is 1. The highest BCUT2D eigenvalue weighted by Crippen LogP contribution is 2.21. The SMILES string of the molecule is COc1cccc(N(C)C(=O)c2ccnc(N)c2)c1. The van der Waals surface area contributed by atoms with Gasteiger partial charge in [-0.15, -0.1) is 0 Å². The number of nitrogens with zero attached hydrogens (tertiary/aromatic N) is 2. The molecule has 0 saturated carbocycles. The number of hydrogen-bond donors (Lipinski definition) is 1. The quantitative estimate of drug-likeness (QED) is 0.912. The lowest BCUT2D eigenvalue weighted by atomic mass is 10.2. The number of rotatable bonds is 3. The monoisotopic (exact) mass is 257 g/mol. The van der Waals surface area contributed by atoms with E-state index >= 15 is 0 Å². The standard InChI is InChI=1S/C14H15N3O2/c1-17(11-4-3-5-12(9-11)19-2)14(18)10-6-7-16-13(15)8-10/h3-9H,1-2H3,(H2,15,16). The molecule has 1 amide bonds. The molecule has 2 N–H and O–H groups in total. The second-order valence-electron chi connectivity index (χ2n) is 4.04. The van der Waals surface area contributed by atoms with Crippen molar-refractivity contribution < 1.29 is 9.53 Å². The smallest absolute Gasteiger partial charge is 0.258 e. The van der Waals surface area contributed by atoms with Gasteiger partial charge in [0.1, 0.15) is 11.6 Å². The van der Waals surface area contributed by atoms with Crippen molar-refractivity contribution in [1.82, 2.24) is 4.98 Å². The van der Waals surface area contributed by atoms with Gasteiger partial charge in [-0.1, -0.05) is 6.07 Å². The molecule has 1 heterocycles. The molecule has 2 aromatic rings. The molecule has 5 heteroatoms. The van der Waals surface area contributed by atoms with Crippen LogP contribution in [-0.2, 0) is 0 Å². The Hall–Kier alpha value is -2.56. The van der Waals surface area contributed by atoms with Crippen molar-refractivity contribution >= 4 is 17.4 Å². The van der Waals surface area contributed by atoms with Crippen molar-refractivity contribution in [3.63, 3.8) is 0 Å². The molecule has 0 radical (unpaired) electrons. The van der Waals surface area contributed by atoms with Crippen molar-refractivity contribution in [3.05, 3.63) is 48.2 Å². The third kappa shape index (κ3) is 2.82. The van der Waals surface area contributed by atoms with Crippen LogP contribution >= 0.6 is 0 Å². The Balaban J connectivity index is 2.28. The van der Waals surface area contributed by atoms with Crippen molar-refractivity contribution in [2.24, 2.45) is 0 Å². The van der Waals surface area contributed by atoms with Crippen LogP contribution in [0.15, 0.2) is 42.6 Å². The first kappa shape index (κ1) is 12.9. The topological polar surface area (TPSA) is 68.5 Å². The van der Waals surface area contributed by atoms with Crippen LogP contribution in [-0.4, -0.2) is 25.0 Å². The third-order valence-corrected chi connectivity index (χ3v) is 2.77. The van der Waals surface area contributed by atoms with Crippen molar-refractivity contribution in [2.45, 2.75) is 0 Å². The number of pyridine rings is 1. The number of carbonyl (C=O) groups is 1. The minimum absolute atomic E-state index is 0.151. The first-order valence-electron chi connectivity index (χ1n) is 5.75.